The Bertz CT molecular complexity index is 938. The summed E-state index contributed by atoms with van der Waals surface area (Å²) in [5.74, 6) is 0. The Kier molecular flexibility index (Phi) is 5.92. The van der Waals surface area contributed by atoms with Crippen LogP contribution >= 0.6 is 12.2 Å². The number of pyridine rings is 1. The van der Waals surface area contributed by atoms with Crippen molar-refractivity contribution in [3.05, 3.63) is 84.4 Å². The first kappa shape index (κ1) is 19.6. The van der Waals surface area contributed by atoms with Gasteiger partial charge in [-0.15, -0.1) is 0 Å². The van der Waals surface area contributed by atoms with Crippen molar-refractivity contribution < 1.29 is 0 Å². The topological polar surface area (TPSA) is 36.3 Å². The van der Waals surface area contributed by atoms with Crippen molar-refractivity contribution in [1.82, 2.24) is 24.7 Å². The summed E-state index contributed by atoms with van der Waals surface area (Å²) in [4.78, 5) is 9.15. The van der Waals surface area contributed by atoms with E-state index < -0.39 is 0 Å². The van der Waals surface area contributed by atoms with E-state index in [-0.39, 0.29) is 12.1 Å². The van der Waals surface area contributed by atoms with Crippen molar-refractivity contribution in [2.45, 2.75) is 18.5 Å². The number of nitrogens with one attached hydrogen (secondary N) is 1. The Morgan fingerprint density at radius 3 is 2.59 bits per heavy atom. The molecule has 3 aromatic rings. The van der Waals surface area contributed by atoms with E-state index in [4.69, 9.17) is 12.2 Å². The minimum absolute atomic E-state index is 0.0367. The molecule has 1 fully saturated rings. The molecule has 0 radical (unpaired) electrons. The van der Waals surface area contributed by atoms with E-state index in [9.17, 15) is 0 Å². The number of thiocarbonyl (C=S) groups is 1. The zero-order valence-electron chi connectivity index (χ0n) is 16.9. The van der Waals surface area contributed by atoms with Gasteiger partial charge in [-0.05, 0) is 75.2 Å². The molecule has 29 heavy (non-hydrogen) atoms. The van der Waals surface area contributed by atoms with Crippen LogP contribution in [0.1, 0.15) is 29.8 Å². The van der Waals surface area contributed by atoms with Crippen molar-refractivity contribution in [2.24, 2.45) is 0 Å². The molecule has 4 rings (SSSR count). The van der Waals surface area contributed by atoms with Crippen LogP contribution in [0.25, 0.3) is 5.69 Å². The molecule has 0 aliphatic carbocycles. The fraction of sp³-hybridized carbons (Fsp3) is 0.304. The SMILES string of the molecule is CN(C)CCCN1C(=S)N[C@H](c2ccccn2)[C@H]1c1ccn(-c2ccccc2)c1. The summed E-state index contributed by atoms with van der Waals surface area (Å²) < 4.78 is 2.17. The third-order valence-electron chi connectivity index (χ3n) is 5.31. The molecular formula is C23H27N5S. The summed E-state index contributed by atoms with van der Waals surface area (Å²) in [5, 5.41) is 4.33. The smallest absolute Gasteiger partial charge is 0.170 e. The Hall–Kier alpha value is -2.70. The van der Waals surface area contributed by atoms with Crippen molar-refractivity contribution in [1.29, 1.82) is 0 Å². The van der Waals surface area contributed by atoms with E-state index in [1.54, 1.807) is 0 Å². The lowest BCUT2D eigenvalue weighted by atomic mass is 9.99. The van der Waals surface area contributed by atoms with E-state index in [1.807, 2.05) is 24.4 Å². The van der Waals surface area contributed by atoms with Crippen molar-refractivity contribution in [2.75, 3.05) is 27.2 Å². The molecule has 5 nitrogen and oxygen atoms in total. The van der Waals surface area contributed by atoms with Crippen LogP contribution in [0.4, 0.5) is 0 Å². The summed E-state index contributed by atoms with van der Waals surface area (Å²) in [5.41, 5.74) is 3.41. The second-order valence-electron chi connectivity index (χ2n) is 7.66. The van der Waals surface area contributed by atoms with Gasteiger partial charge in [-0.3, -0.25) is 4.98 Å². The second-order valence-corrected chi connectivity index (χ2v) is 8.05. The number of hydrogen-bond donors (Lipinski definition) is 1. The lowest BCUT2D eigenvalue weighted by Gasteiger charge is -2.27. The molecular weight excluding hydrogens is 378 g/mol. The molecule has 0 spiro atoms. The zero-order valence-corrected chi connectivity index (χ0v) is 17.7. The Morgan fingerprint density at radius 1 is 1.07 bits per heavy atom. The van der Waals surface area contributed by atoms with E-state index in [0.29, 0.717) is 0 Å². The van der Waals surface area contributed by atoms with Crippen molar-refractivity contribution in [3.63, 3.8) is 0 Å². The van der Waals surface area contributed by atoms with Crippen LogP contribution in [-0.4, -0.2) is 51.6 Å². The second kappa shape index (κ2) is 8.76. The average molecular weight is 406 g/mol. The lowest BCUT2D eigenvalue weighted by Crippen LogP contribution is -2.32. The van der Waals surface area contributed by atoms with Crippen LogP contribution in [0.5, 0.6) is 0 Å². The Morgan fingerprint density at radius 2 is 1.86 bits per heavy atom. The number of rotatable bonds is 7. The van der Waals surface area contributed by atoms with E-state index in [2.05, 4.69) is 87.6 Å². The first-order valence-corrected chi connectivity index (χ1v) is 10.4. The molecule has 6 heteroatoms. The highest BCUT2D eigenvalue weighted by atomic mass is 32.1. The maximum Gasteiger partial charge on any atom is 0.170 e. The number of benzene rings is 1. The maximum absolute atomic E-state index is 5.74. The monoisotopic (exact) mass is 405 g/mol. The summed E-state index contributed by atoms with van der Waals surface area (Å²) in [7, 11) is 4.21. The van der Waals surface area contributed by atoms with Crippen LogP contribution < -0.4 is 5.32 Å². The summed E-state index contributed by atoms with van der Waals surface area (Å²) in [6, 6.07) is 18.8. The summed E-state index contributed by atoms with van der Waals surface area (Å²) in [6.45, 7) is 1.94. The van der Waals surface area contributed by atoms with Crippen LogP contribution in [-0.2, 0) is 0 Å². The minimum Gasteiger partial charge on any atom is -0.352 e. The van der Waals surface area contributed by atoms with Gasteiger partial charge >= 0.3 is 0 Å². The third kappa shape index (κ3) is 4.33. The molecule has 0 amide bonds. The van der Waals surface area contributed by atoms with Crippen molar-refractivity contribution >= 4 is 17.3 Å². The summed E-state index contributed by atoms with van der Waals surface area (Å²) in [6.07, 6.45) is 7.24. The molecule has 2 atom stereocenters. The fourth-order valence-electron chi connectivity index (χ4n) is 3.92. The first-order valence-electron chi connectivity index (χ1n) is 9.99. The van der Waals surface area contributed by atoms with Gasteiger partial charge in [0.2, 0.25) is 0 Å². The Balaban J connectivity index is 1.66. The molecule has 1 aliphatic rings. The van der Waals surface area contributed by atoms with Crippen molar-refractivity contribution in [3.8, 4) is 5.69 Å². The fourth-order valence-corrected chi connectivity index (χ4v) is 4.25. The van der Waals surface area contributed by atoms with Crippen LogP contribution in [0, 0.1) is 0 Å². The predicted octanol–water partition coefficient (Wildman–Crippen LogP) is 3.80. The first-order chi connectivity index (χ1) is 14.1. The molecule has 0 unspecified atom stereocenters. The number of aromatic nitrogens is 2. The van der Waals surface area contributed by atoms with Gasteiger partial charge in [0.25, 0.3) is 0 Å². The van der Waals surface area contributed by atoms with Gasteiger partial charge < -0.3 is 19.7 Å². The van der Waals surface area contributed by atoms with Gasteiger partial charge in [-0.25, -0.2) is 0 Å². The van der Waals surface area contributed by atoms with Gasteiger partial charge in [0.05, 0.1) is 17.8 Å². The zero-order chi connectivity index (χ0) is 20.2. The molecule has 1 aromatic carbocycles. The number of nitrogens with zero attached hydrogens (tertiary/aromatic N) is 4. The minimum atomic E-state index is 0.0367. The lowest BCUT2D eigenvalue weighted by molar-refractivity contribution is 0.293. The van der Waals surface area contributed by atoms with E-state index >= 15 is 0 Å². The highest BCUT2D eigenvalue weighted by molar-refractivity contribution is 7.80. The molecule has 150 valence electrons. The van der Waals surface area contributed by atoms with Gasteiger partial charge in [0, 0.05) is 30.8 Å². The van der Waals surface area contributed by atoms with E-state index in [0.717, 1.165) is 36.0 Å². The molecule has 1 saturated heterocycles. The standard InChI is InChI=1S/C23H27N5S/c1-26(2)14-8-15-28-22(21(25-23(28)29)20-11-6-7-13-24-20)18-12-16-27(17-18)19-9-4-3-5-10-19/h3-7,9-13,16-17,21-22H,8,14-15H2,1-2H3,(H,25,29)/t21-,22-/m1/s1. The predicted molar refractivity (Wildman–Crippen MR) is 121 cm³/mol. The van der Waals surface area contributed by atoms with Gasteiger partial charge in [-0.2, -0.15) is 0 Å². The van der Waals surface area contributed by atoms with Crippen LogP contribution in [0.3, 0.4) is 0 Å². The van der Waals surface area contributed by atoms with Gasteiger partial charge in [-0.1, -0.05) is 24.3 Å². The largest absolute Gasteiger partial charge is 0.352 e. The molecule has 2 aromatic heterocycles. The summed E-state index contributed by atoms with van der Waals surface area (Å²) >= 11 is 5.74. The highest BCUT2D eigenvalue weighted by Crippen LogP contribution is 2.38. The quantitative estimate of drug-likeness (QED) is 0.605. The van der Waals surface area contributed by atoms with Crippen LogP contribution in [0.15, 0.2) is 73.2 Å². The highest BCUT2D eigenvalue weighted by Gasteiger charge is 2.39. The maximum atomic E-state index is 5.74. The Labute approximate surface area is 178 Å². The number of para-hydroxylation sites is 1. The van der Waals surface area contributed by atoms with E-state index in [1.165, 1.54) is 5.56 Å². The number of hydrogen-bond acceptors (Lipinski definition) is 3. The van der Waals surface area contributed by atoms with Gasteiger partial charge in [0.15, 0.2) is 5.11 Å². The van der Waals surface area contributed by atoms with Crippen LogP contribution in [0.2, 0.25) is 0 Å². The third-order valence-corrected chi connectivity index (χ3v) is 5.67. The molecule has 1 N–H and O–H groups in total. The molecule has 3 heterocycles. The molecule has 1 aliphatic heterocycles. The van der Waals surface area contributed by atoms with Gasteiger partial charge in [0.1, 0.15) is 0 Å². The average Bonchev–Trinajstić information content (AvgIpc) is 3.34. The normalized spacial score (nSPS) is 19.0. The molecule has 0 bridgehead atoms. The molecule has 0 saturated carbocycles.